The smallest absolute Gasteiger partial charge is 0.142 e. The number of benzene rings is 1. The minimum atomic E-state index is 0.264. The van der Waals surface area contributed by atoms with Gasteiger partial charge in [0.25, 0.3) is 0 Å². The van der Waals surface area contributed by atoms with E-state index < -0.39 is 0 Å². The molecule has 0 amide bonds. The van der Waals surface area contributed by atoms with Crippen LogP contribution in [0.15, 0.2) is 24.3 Å². The van der Waals surface area contributed by atoms with Crippen molar-refractivity contribution in [2.75, 3.05) is 44.3 Å². The van der Waals surface area contributed by atoms with Crippen LogP contribution in [0.5, 0.6) is 5.75 Å². The number of nitrogens with zero attached hydrogens (tertiary/aromatic N) is 1. The Morgan fingerprint density at radius 2 is 2.05 bits per heavy atom. The Bertz CT molecular complexity index is 413. The van der Waals surface area contributed by atoms with Gasteiger partial charge in [-0.05, 0) is 31.4 Å². The first-order valence-electron chi connectivity index (χ1n) is 7.72. The Hall–Kier alpha value is -1.26. The third-order valence-electron chi connectivity index (χ3n) is 4.02. The van der Waals surface area contributed by atoms with Crippen molar-refractivity contribution in [3.63, 3.8) is 0 Å². The van der Waals surface area contributed by atoms with Crippen molar-refractivity contribution in [1.29, 1.82) is 0 Å². The summed E-state index contributed by atoms with van der Waals surface area (Å²) in [4.78, 5) is 2.40. The van der Waals surface area contributed by atoms with Gasteiger partial charge in [-0.1, -0.05) is 12.1 Å². The Kier molecular flexibility index (Phi) is 4.77. The highest BCUT2D eigenvalue weighted by Gasteiger charge is 2.17. The molecule has 20 heavy (non-hydrogen) atoms. The van der Waals surface area contributed by atoms with Crippen molar-refractivity contribution in [3.05, 3.63) is 24.3 Å². The SMILES string of the molecule is c1ccc(N2CCNCC2)c(OCC2CCCCO2)c1. The van der Waals surface area contributed by atoms with Gasteiger partial charge in [0.05, 0.1) is 11.8 Å². The maximum Gasteiger partial charge on any atom is 0.142 e. The number of rotatable bonds is 4. The van der Waals surface area contributed by atoms with Gasteiger partial charge in [-0.15, -0.1) is 0 Å². The monoisotopic (exact) mass is 276 g/mol. The first kappa shape index (κ1) is 13.7. The summed E-state index contributed by atoms with van der Waals surface area (Å²) in [6.07, 6.45) is 3.83. The van der Waals surface area contributed by atoms with E-state index in [1.165, 1.54) is 18.5 Å². The summed E-state index contributed by atoms with van der Waals surface area (Å²) >= 11 is 0. The normalized spacial score (nSPS) is 23.6. The average molecular weight is 276 g/mol. The lowest BCUT2D eigenvalue weighted by Gasteiger charge is -2.31. The molecule has 1 aromatic carbocycles. The van der Waals surface area contributed by atoms with E-state index in [-0.39, 0.29) is 6.10 Å². The van der Waals surface area contributed by atoms with Crippen molar-refractivity contribution < 1.29 is 9.47 Å². The number of piperazine rings is 1. The van der Waals surface area contributed by atoms with E-state index in [9.17, 15) is 0 Å². The molecule has 0 radical (unpaired) electrons. The molecule has 1 N–H and O–H groups in total. The van der Waals surface area contributed by atoms with Crippen molar-refractivity contribution in [2.24, 2.45) is 0 Å². The molecule has 0 bridgehead atoms. The molecule has 2 saturated heterocycles. The summed E-state index contributed by atoms with van der Waals surface area (Å²) in [7, 11) is 0. The summed E-state index contributed by atoms with van der Waals surface area (Å²) < 4.78 is 11.8. The standard InChI is InChI=1S/C16H24N2O2/c1-2-7-16(20-13-14-5-3-4-12-19-14)15(6-1)18-10-8-17-9-11-18/h1-2,6-7,14,17H,3-5,8-13H2. The van der Waals surface area contributed by atoms with Crippen LogP contribution in [-0.2, 0) is 4.74 Å². The van der Waals surface area contributed by atoms with Gasteiger partial charge in [0.1, 0.15) is 12.4 Å². The molecule has 2 heterocycles. The van der Waals surface area contributed by atoms with E-state index in [0.717, 1.165) is 45.0 Å². The molecule has 4 heteroatoms. The van der Waals surface area contributed by atoms with E-state index in [2.05, 4.69) is 28.4 Å². The molecule has 3 rings (SSSR count). The van der Waals surface area contributed by atoms with Crippen LogP contribution in [0.2, 0.25) is 0 Å². The predicted molar refractivity (Wildman–Crippen MR) is 80.6 cm³/mol. The molecule has 110 valence electrons. The zero-order chi connectivity index (χ0) is 13.6. The molecule has 4 nitrogen and oxygen atoms in total. The van der Waals surface area contributed by atoms with E-state index in [0.29, 0.717) is 6.61 Å². The number of hydrogen-bond donors (Lipinski definition) is 1. The third-order valence-corrected chi connectivity index (χ3v) is 4.02. The molecular formula is C16H24N2O2. The molecule has 1 unspecified atom stereocenters. The quantitative estimate of drug-likeness (QED) is 0.912. The molecule has 0 aliphatic carbocycles. The summed E-state index contributed by atoms with van der Waals surface area (Å²) in [5, 5.41) is 3.39. The fourth-order valence-electron chi connectivity index (χ4n) is 2.87. The first-order valence-corrected chi connectivity index (χ1v) is 7.72. The second-order valence-corrected chi connectivity index (χ2v) is 5.50. The van der Waals surface area contributed by atoms with Crippen LogP contribution in [-0.4, -0.2) is 45.5 Å². The molecule has 0 aromatic heterocycles. The number of nitrogens with one attached hydrogen (secondary N) is 1. The van der Waals surface area contributed by atoms with Gasteiger partial charge in [-0.3, -0.25) is 0 Å². The van der Waals surface area contributed by atoms with Gasteiger partial charge >= 0.3 is 0 Å². The molecule has 2 aliphatic heterocycles. The van der Waals surface area contributed by atoms with E-state index in [4.69, 9.17) is 9.47 Å². The molecule has 2 fully saturated rings. The van der Waals surface area contributed by atoms with Crippen LogP contribution in [0.1, 0.15) is 19.3 Å². The summed E-state index contributed by atoms with van der Waals surface area (Å²) in [5.74, 6) is 0.989. The van der Waals surface area contributed by atoms with Crippen LogP contribution >= 0.6 is 0 Å². The van der Waals surface area contributed by atoms with E-state index >= 15 is 0 Å². The molecule has 1 atom stereocenters. The number of para-hydroxylation sites is 2. The summed E-state index contributed by atoms with van der Waals surface area (Å²) in [6.45, 7) is 5.72. The maximum absolute atomic E-state index is 6.04. The van der Waals surface area contributed by atoms with Gasteiger partial charge in [0.15, 0.2) is 0 Å². The number of anilines is 1. The lowest BCUT2D eigenvalue weighted by atomic mass is 10.1. The van der Waals surface area contributed by atoms with Crippen molar-refractivity contribution in [3.8, 4) is 5.75 Å². The second kappa shape index (κ2) is 6.95. The summed E-state index contributed by atoms with van der Waals surface area (Å²) in [6, 6.07) is 8.35. The third kappa shape index (κ3) is 3.44. The van der Waals surface area contributed by atoms with Gasteiger partial charge < -0.3 is 19.7 Å². The minimum Gasteiger partial charge on any atom is -0.489 e. The Morgan fingerprint density at radius 1 is 1.20 bits per heavy atom. The highest BCUT2D eigenvalue weighted by molar-refractivity contribution is 5.58. The largest absolute Gasteiger partial charge is 0.489 e. The molecule has 0 spiro atoms. The predicted octanol–water partition coefficient (Wildman–Crippen LogP) is 2.04. The zero-order valence-corrected chi connectivity index (χ0v) is 12.0. The van der Waals surface area contributed by atoms with Crippen LogP contribution < -0.4 is 15.0 Å². The van der Waals surface area contributed by atoms with Crippen LogP contribution in [0.4, 0.5) is 5.69 Å². The van der Waals surface area contributed by atoms with Crippen molar-refractivity contribution in [2.45, 2.75) is 25.4 Å². The highest BCUT2D eigenvalue weighted by Crippen LogP contribution is 2.28. The van der Waals surface area contributed by atoms with Crippen LogP contribution in [0, 0.1) is 0 Å². The second-order valence-electron chi connectivity index (χ2n) is 5.50. The lowest BCUT2D eigenvalue weighted by molar-refractivity contribution is -0.0109. The van der Waals surface area contributed by atoms with E-state index in [1.807, 2.05) is 6.07 Å². The van der Waals surface area contributed by atoms with Gasteiger partial charge in [-0.2, -0.15) is 0 Å². The van der Waals surface area contributed by atoms with Crippen molar-refractivity contribution in [1.82, 2.24) is 5.32 Å². The Morgan fingerprint density at radius 3 is 2.85 bits per heavy atom. The first-order chi connectivity index (χ1) is 9.93. The fourth-order valence-corrected chi connectivity index (χ4v) is 2.87. The van der Waals surface area contributed by atoms with Gasteiger partial charge in [0.2, 0.25) is 0 Å². The maximum atomic E-state index is 6.04. The van der Waals surface area contributed by atoms with Crippen LogP contribution in [0.3, 0.4) is 0 Å². The average Bonchev–Trinajstić information content (AvgIpc) is 2.55. The molecule has 1 aromatic rings. The van der Waals surface area contributed by atoms with Crippen LogP contribution in [0.25, 0.3) is 0 Å². The fraction of sp³-hybridized carbons (Fsp3) is 0.625. The topological polar surface area (TPSA) is 33.7 Å². The lowest BCUT2D eigenvalue weighted by Crippen LogP contribution is -2.43. The van der Waals surface area contributed by atoms with E-state index in [1.54, 1.807) is 0 Å². The zero-order valence-electron chi connectivity index (χ0n) is 12.0. The summed E-state index contributed by atoms with van der Waals surface area (Å²) in [5.41, 5.74) is 1.21. The Labute approximate surface area is 121 Å². The number of hydrogen-bond acceptors (Lipinski definition) is 4. The number of ether oxygens (including phenoxy) is 2. The molecular weight excluding hydrogens is 252 g/mol. The van der Waals surface area contributed by atoms with Crippen molar-refractivity contribution >= 4 is 5.69 Å². The van der Waals surface area contributed by atoms with Gasteiger partial charge in [0, 0.05) is 32.8 Å². The molecule has 2 aliphatic rings. The molecule has 0 saturated carbocycles. The van der Waals surface area contributed by atoms with Gasteiger partial charge in [-0.25, -0.2) is 0 Å². The highest BCUT2D eigenvalue weighted by atomic mass is 16.5. The Balaban J connectivity index is 1.62. The minimum absolute atomic E-state index is 0.264.